The van der Waals surface area contributed by atoms with Gasteiger partial charge in [-0.1, -0.05) is 23.8 Å². The summed E-state index contributed by atoms with van der Waals surface area (Å²) in [5.74, 6) is -1.11. The topological polar surface area (TPSA) is 66.4 Å². The van der Waals surface area contributed by atoms with Crippen molar-refractivity contribution in [3.8, 4) is 0 Å². The SMILES string of the molecule is O=C(O)[C@@H]1[C@H]2C=C[C@@H]([C@@H]3C[C@H]23)[C@@H]1C(=O)Nc1ccc(Cl)cc1. The molecular formula is C17H16ClNO3. The average molecular weight is 318 g/mol. The number of allylic oxidation sites excluding steroid dienone is 2. The molecule has 2 saturated carbocycles. The summed E-state index contributed by atoms with van der Waals surface area (Å²) < 4.78 is 0. The lowest BCUT2D eigenvalue weighted by atomic mass is 9.62. The van der Waals surface area contributed by atoms with Crippen LogP contribution in [0.25, 0.3) is 0 Å². The van der Waals surface area contributed by atoms with Crippen molar-refractivity contribution < 1.29 is 14.7 Å². The summed E-state index contributed by atoms with van der Waals surface area (Å²) in [6, 6.07) is 6.87. The van der Waals surface area contributed by atoms with Crippen LogP contribution in [0.15, 0.2) is 36.4 Å². The van der Waals surface area contributed by atoms with Crippen molar-refractivity contribution in [2.75, 3.05) is 5.32 Å². The minimum atomic E-state index is -0.860. The van der Waals surface area contributed by atoms with Crippen molar-refractivity contribution in [2.24, 2.45) is 35.5 Å². The molecule has 114 valence electrons. The Morgan fingerprint density at radius 1 is 1.05 bits per heavy atom. The number of halogens is 1. The summed E-state index contributed by atoms with van der Waals surface area (Å²) in [7, 11) is 0. The van der Waals surface area contributed by atoms with Gasteiger partial charge in [0.05, 0.1) is 11.8 Å². The zero-order valence-corrected chi connectivity index (χ0v) is 12.5. The third kappa shape index (κ3) is 2.05. The minimum absolute atomic E-state index is 0.00784. The van der Waals surface area contributed by atoms with Crippen molar-refractivity contribution in [1.82, 2.24) is 0 Å². The van der Waals surface area contributed by atoms with Gasteiger partial charge in [-0.2, -0.15) is 0 Å². The fourth-order valence-corrected chi connectivity index (χ4v) is 4.45. The zero-order chi connectivity index (χ0) is 15.4. The number of rotatable bonds is 3. The molecule has 0 saturated heterocycles. The first-order chi connectivity index (χ1) is 10.6. The zero-order valence-electron chi connectivity index (χ0n) is 11.8. The smallest absolute Gasteiger partial charge is 0.307 e. The number of fused-ring (bicyclic) bond motifs is 1. The van der Waals surface area contributed by atoms with Gasteiger partial charge in [0.25, 0.3) is 0 Å². The Bertz CT molecular complexity index is 669. The molecule has 1 aromatic rings. The molecule has 5 rings (SSSR count). The summed E-state index contributed by atoms with van der Waals surface area (Å²) in [5.41, 5.74) is 0.649. The van der Waals surface area contributed by atoms with E-state index in [2.05, 4.69) is 11.4 Å². The number of hydrogen-bond acceptors (Lipinski definition) is 2. The lowest BCUT2D eigenvalue weighted by Crippen LogP contribution is -2.48. The molecule has 6 atom stereocenters. The molecule has 0 unspecified atom stereocenters. The first-order valence-electron chi connectivity index (χ1n) is 7.54. The molecule has 0 aromatic heterocycles. The highest BCUT2D eigenvalue weighted by Crippen LogP contribution is 2.63. The van der Waals surface area contributed by atoms with E-state index < -0.39 is 17.8 Å². The second kappa shape index (κ2) is 4.85. The van der Waals surface area contributed by atoms with E-state index in [4.69, 9.17) is 11.6 Å². The lowest BCUT2D eigenvalue weighted by molar-refractivity contribution is -0.152. The Hall–Kier alpha value is -1.81. The van der Waals surface area contributed by atoms with Crippen LogP contribution in [0, 0.1) is 35.5 Å². The predicted molar refractivity (Wildman–Crippen MR) is 82.4 cm³/mol. The normalized spacial score (nSPS) is 37.5. The monoisotopic (exact) mass is 317 g/mol. The molecule has 1 aromatic carbocycles. The van der Waals surface area contributed by atoms with Crippen LogP contribution < -0.4 is 5.32 Å². The average Bonchev–Trinajstić information content (AvgIpc) is 3.30. The Balaban J connectivity index is 1.60. The molecule has 2 bridgehead atoms. The molecule has 0 spiro atoms. The quantitative estimate of drug-likeness (QED) is 0.842. The molecule has 2 N–H and O–H groups in total. The highest BCUT2D eigenvalue weighted by Gasteiger charge is 2.62. The number of carboxylic acid groups (broad SMARTS) is 1. The Labute approximate surface area is 133 Å². The van der Waals surface area contributed by atoms with Gasteiger partial charge in [0.2, 0.25) is 5.91 Å². The summed E-state index contributed by atoms with van der Waals surface area (Å²) in [4.78, 5) is 24.4. The van der Waals surface area contributed by atoms with E-state index in [0.29, 0.717) is 22.5 Å². The number of amides is 1. The standard InChI is InChI=1S/C17H16ClNO3/c18-8-1-3-9(4-2-8)19-16(20)14-10-5-6-11(13-7-12(10)13)15(14)17(21)22/h1-6,10-15H,7H2,(H,19,20)(H,21,22)/t10-,11-,12-,13+,14-,15+/m0/s1. The third-order valence-corrected chi connectivity index (χ3v) is 5.60. The van der Waals surface area contributed by atoms with Crippen LogP contribution in [0.2, 0.25) is 5.02 Å². The summed E-state index contributed by atoms with van der Waals surface area (Å²) >= 11 is 5.84. The van der Waals surface area contributed by atoms with E-state index >= 15 is 0 Å². The number of carbonyl (C=O) groups excluding carboxylic acids is 1. The van der Waals surface area contributed by atoms with E-state index in [1.54, 1.807) is 24.3 Å². The van der Waals surface area contributed by atoms with Crippen molar-refractivity contribution in [1.29, 1.82) is 0 Å². The van der Waals surface area contributed by atoms with Crippen LogP contribution in [-0.4, -0.2) is 17.0 Å². The van der Waals surface area contributed by atoms with Gasteiger partial charge in [-0.25, -0.2) is 0 Å². The van der Waals surface area contributed by atoms with Gasteiger partial charge in [-0.15, -0.1) is 0 Å². The largest absolute Gasteiger partial charge is 0.481 e. The number of hydrogen-bond donors (Lipinski definition) is 2. The van der Waals surface area contributed by atoms with E-state index in [9.17, 15) is 14.7 Å². The van der Waals surface area contributed by atoms with Crippen LogP contribution in [0.1, 0.15) is 6.42 Å². The number of benzene rings is 1. The number of carboxylic acids is 1. The van der Waals surface area contributed by atoms with Gasteiger partial charge in [0.1, 0.15) is 0 Å². The molecular weight excluding hydrogens is 302 g/mol. The summed E-state index contributed by atoms with van der Waals surface area (Å²) in [5, 5.41) is 13.0. The summed E-state index contributed by atoms with van der Waals surface area (Å²) in [6.07, 6.45) is 5.13. The third-order valence-electron chi connectivity index (χ3n) is 5.35. The van der Waals surface area contributed by atoms with Gasteiger partial charge in [-0.3, -0.25) is 9.59 Å². The minimum Gasteiger partial charge on any atom is -0.481 e. The van der Waals surface area contributed by atoms with Gasteiger partial charge < -0.3 is 10.4 Å². The van der Waals surface area contributed by atoms with Crippen LogP contribution in [-0.2, 0) is 9.59 Å². The lowest BCUT2D eigenvalue weighted by Gasteiger charge is -2.41. The molecule has 4 nitrogen and oxygen atoms in total. The van der Waals surface area contributed by atoms with Crippen molar-refractivity contribution in [2.45, 2.75) is 6.42 Å². The molecule has 0 radical (unpaired) electrons. The second-order valence-electron chi connectivity index (χ2n) is 6.49. The van der Waals surface area contributed by atoms with E-state index in [0.717, 1.165) is 6.42 Å². The van der Waals surface area contributed by atoms with Gasteiger partial charge in [-0.05, 0) is 54.4 Å². The fourth-order valence-electron chi connectivity index (χ4n) is 4.33. The fraction of sp³-hybridized carbons (Fsp3) is 0.412. The van der Waals surface area contributed by atoms with Gasteiger partial charge >= 0.3 is 5.97 Å². The first kappa shape index (κ1) is 13.8. The summed E-state index contributed by atoms with van der Waals surface area (Å²) in [6.45, 7) is 0. The Morgan fingerprint density at radius 3 is 2.23 bits per heavy atom. The van der Waals surface area contributed by atoms with Crippen LogP contribution in [0.5, 0.6) is 0 Å². The molecule has 4 aliphatic rings. The first-order valence-corrected chi connectivity index (χ1v) is 7.91. The molecule has 4 aliphatic carbocycles. The van der Waals surface area contributed by atoms with Crippen LogP contribution in [0.4, 0.5) is 5.69 Å². The maximum Gasteiger partial charge on any atom is 0.307 e. The van der Waals surface area contributed by atoms with E-state index in [1.807, 2.05) is 6.08 Å². The highest BCUT2D eigenvalue weighted by atomic mass is 35.5. The van der Waals surface area contributed by atoms with E-state index in [1.165, 1.54) is 0 Å². The molecule has 22 heavy (non-hydrogen) atoms. The highest BCUT2D eigenvalue weighted by molar-refractivity contribution is 6.30. The van der Waals surface area contributed by atoms with Crippen molar-refractivity contribution >= 4 is 29.2 Å². The number of nitrogens with one attached hydrogen (secondary N) is 1. The Kier molecular flexibility index (Phi) is 3.05. The van der Waals surface area contributed by atoms with Crippen LogP contribution in [0.3, 0.4) is 0 Å². The molecule has 2 fully saturated rings. The number of carbonyl (C=O) groups is 2. The van der Waals surface area contributed by atoms with Crippen LogP contribution >= 0.6 is 11.6 Å². The van der Waals surface area contributed by atoms with Crippen molar-refractivity contribution in [3.05, 3.63) is 41.4 Å². The second-order valence-corrected chi connectivity index (χ2v) is 6.93. The number of anilines is 1. The molecule has 1 amide bonds. The van der Waals surface area contributed by atoms with Gasteiger partial charge in [0.15, 0.2) is 0 Å². The molecule has 5 heteroatoms. The maximum atomic E-state index is 12.7. The molecule has 0 aliphatic heterocycles. The van der Waals surface area contributed by atoms with E-state index in [-0.39, 0.29) is 17.7 Å². The molecule has 0 heterocycles. The predicted octanol–water partition coefficient (Wildman–Crippen LogP) is 3.05. The van der Waals surface area contributed by atoms with Gasteiger partial charge in [0, 0.05) is 10.7 Å². The number of aliphatic carboxylic acids is 1. The van der Waals surface area contributed by atoms with Crippen molar-refractivity contribution in [3.63, 3.8) is 0 Å². The maximum absolute atomic E-state index is 12.7. The Morgan fingerprint density at radius 2 is 1.64 bits per heavy atom.